The zero-order valence-electron chi connectivity index (χ0n) is 13.8. The second kappa shape index (κ2) is 6.11. The minimum atomic E-state index is -0.529. The first-order valence-corrected chi connectivity index (χ1v) is 7.98. The number of rotatable bonds is 3. The van der Waals surface area contributed by atoms with E-state index in [0.29, 0.717) is 27.6 Å². The number of carbonyl (C=O) groups excluding carboxylic acids is 1. The molecule has 2 N–H and O–H groups in total. The van der Waals surface area contributed by atoms with Crippen molar-refractivity contribution >= 4 is 27.8 Å². The van der Waals surface area contributed by atoms with Gasteiger partial charge in [0.25, 0.3) is 11.5 Å². The van der Waals surface area contributed by atoms with Gasteiger partial charge in [0, 0.05) is 10.9 Å². The summed E-state index contributed by atoms with van der Waals surface area (Å²) in [6.07, 6.45) is 0. The monoisotopic (exact) mass is 351 g/mol. The maximum Gasteiger partial charge on any atom is 0.287 e. The normalized spacial score (nSPS) is 11.2. The van der Waals surface area contributed by atoms with Gasteiger partial charge < -0.3 is 14.7 Å². The summed E-state index contributed by atoms with van der Waals surface area (Å²) in [6, 6.07) is 11.0. The number of fused-ring (bicyclic) bond motifs is 2. The van der Waals surface area contributed by atoms with E-state index >= 15 is 0 Å². The summed E-state index contributed by atoms with van der Waals surface area (Å²) in [6.45, 7) is 1.89. The molecule has 0 fully saturated rings. The van der Waals surface area contributed by atoms with Crippen LogP contribution in [0, 0.1) is 12.7 Å². The van der Waals surface area contributed by atoms with Gasteiger partial charge >= 0.3 is 0 Å². The third-order valence-electron chi connectivity index (χ3n) is 4.23. The summed E-state index contributed by atoms with van der Waals surface area (Å²) in [5.74, 6) is -0.440. The summed E-state index contributed by atoms with van der Waals surface area (Å²) in [5, 5.41) is 3.74. The van der Waals surface area contributed by atoms with Crippen LogP contribution in [-0.2, 0) is 6.54 Å². The minimum Gasteiger partial charge on any atom is -0.459 e. The molecule has 0 bridgehead atoms. The number of nitrogens with zero attached hydrogens (tertiary/aromatic N) is 1. The molecule has 6 nitrogen and oxygen atoms in total. The van der Waals surface area contributed by atoms with Crippen molar-refractivity contribution in [2.45, 2.75) is 13.5 Å². The molecule has 1 amide bonds. The van der Waals surface area contributed by atoms with Gasteiger partial charge in [0.2, 0.25) is 0 Å². The van der Waals surface area contributed by atoms with E-state index in [1.807, 2.05) is 0 Å². The number of nitrogens with one attached hydrogen (secondary N) is 2. The highest BCUT2D eigenvalue weighted by atomic mass is 19.1. The maximum atomic E-state index is 13.4. The molecule has 0 atom stereocenters. The molecule has 0 aliphatic rings. The van der Waals surface area contributed by atoms with Gasteiger partial charge in [-0.25, -0.2) is 9.37 Å². The number of aryl methyl sites for hydroxylation is 1. The summed E-state index contributed by atoms with van der Waals surface area (Å²) in [7, 11) is 0. The van der Waals surface area contributed by atoms with Crippen LogP contribution in [0.15, 0.2) is 51.7 Å². The number of benzene rings is 2. The maximum absolute atomic E-state index is 13.4. The SMILES string of the molecule is Cc1c(CNC(=O)c2nc3ccccc3c(=O)[nH]2)oc2ccc(F)cc12. The van der Waals surface area contributed by atoms with E-state index in [-0.39, 0.29) is 23.7 Å². The molecule has 0 unspecified atom stereocenters. The van der Waals surface area contributed by atoms with Gasteiger partial charge in [-0.05, 0) is 37.3 Å². The standard InChI is InChI=1S/C19H14FN3O3/c1-10-13-8-11(20)6-7-15(13)26-16(10)9-21-19(25)17-22-14-5-3-2-4-12(14)18(24)23-17/h2-8H,9H2,1H3,(H,21,25)(H,22,23,24). The number of H-pyrrole nitrogens is 1. The van der Waals surface area contributed by atoms with Crippen LogP contribution in [0.3, 0.4) is 0 Å². The van der Waals surface area contributed by atoms with Crippen molar-refractivity contribution in [3.63, 3.8) is 0 Å². The van der Waals surface area contributed by atoms with Crippen LogP contribution in [-0.4, -0.2) is 15.9 Å². The van der Waals surface area contributed by atoms with Gasteiger partial charge in [0.15, 0.2) is 5.82 Å². The minimum absolute atomic E-state index is 0.0755. The molecule has 0 radical (unpaired) electrons. The lowest BCUT2D eigenvalue weighted by Crippen LogP contribution is -2.27. The van der Waals surface area contributed by atoms with Crippen LogP contribution >= 0.6 is 0 Å². The molecule has 0 aliphatic heterocycles. The number of hydrogen-bond donors (Lipinski definition) is 2. The number of halogens is 1. The Morgan fingerprint density at radius 3 is 2.88 bits per heavy atom. The van der Waals surface area contributed by atoms with Gasteiger partial charge in [0.1, 0.15) is 17.2 Å². The van der Waals surface area contributed by atoms with Crippen LogP contribution in [0.5, 0.6) is 0 Å². The Kier molecular flexibility index (Phi) is 3.76. The number of para-hydroxylation sites is 1. The van der Waals surface area contributed by atoms with Crippen molar-refractivity contribution in [1.29, 1.82) is 0 Å². The first kappa shape index (κ1) is 16.0. The summed E-state index contributed by atoms with van der Waals surface area (Å²) in [4.78, 5) is 31.1. The first-order chi connectivity index (χ1) is 12.5. The average Bonchev–Trinajstić information content (AvgIpc) is 2.95. The largest absolute Gasteiger partial charge is 0.459 e. The topological polar surface area (TPSA) is 88.0 Å². The van der Waals surface area contributed by atoms with Gasteiger partial charge in [-0.3, -0.25) is 9.59 Å². The zero-order chi connectivity index (χ0) is 18.3. The number of furan rings is 1. The van der Waals surface area contributed by atoms with Crippen LogP contribution in [0.1, 0.15) is 21.9 Å². The summed E-state index contributed by atoms with van der Waals surface area (Å²) >= 11 is 0. The molecular formula is C19H14FN3O3. The first-order valence-electron chi connectivity index (χ1n) is 7.98. The quantitative estimate of drug-likeness (QED) is 0.594. The molecule has 2 aromatic carbocycles. The fourth-order valence-corrected chi connectivity index (χ4v) is 2.85. The fourth-order valence-electron chi connectivity index (χ4n) is 2.85. The second-order valence-corrected chi connectivity index (χ2v) is 5.91. The Morgan fingerprint density at radius 1 is 1.23 bits per heavy atom. The average molecular weight is 351 g/mol. The van der Waals surface area contributed by atoms with E-state index in [9.17, 15) is 14.0 Å². The number of aromatic amines is 1. The molecule has 2 aromatic heterocycles. The summed E-state index contributed by atoms with van der Waals surface area (Å²) < 4.78 is 19.0. The predicted molar refractivity (Wildman–Crippen MR) is 94.4 cm³/mol. The fraction of sp³-hybridized carbons (Fsp3) is 0.105. The van der Waals surface area contributed by atoms with E-state index in [2.05, 4.69) is 15.3 Å². The molecule has 26 heavy (non-hydrogen) atoms. The Balaban J connectivity index is 1.59. The number of aromatic nitrogens is 2. The predicted octanol–water partition coefficient (Wildman–Crippen LogP) is 3.05. The van der Waals surface area contributed by atoms with E-state index < -0.39 is 5.91 Å². The molecular weight excluding hydrogens is 337 g/mol. The van der Waals surface area contributed by atoms with E-state index in [1.54, 1.807) is 37.3 Å². The highest BCUT2D eigenvalue weighted by Crippen LogP contribution is 2.25. The van der Waals surface area contributed by atoms with Crippen LogP contribution in [0.2, 0.25) is 0 Å². The molecule has 0 saturated carbocycles. The zero-order valence-corrected chi connectivity index (χ0v) is 13.8. The molecule has 4 rings (SSSR count). The Bertz CT molecular complexity index is 1210. The molecule has 0 spiro atoms. The Labute approximate surface area is 146 Å². The second-order valence-electron chi connectivity index (χ2n) is 5.91. The molecule has 130 valence electrons. The lowest BCUT2D eigenvalue weighted by atomic mass is 10.1. The highest BCUT2D eigenvalue weighted by molar-refractivity contribution is 5.92. The third kappa shape index (κ3) is 2.73. The summed E-state index contributed by atoms with van der Waals surface area (Å²) in [5.41, 5.74) is 1.36. The van der Waals surface area contributed by atoms with Crippen LogP contribution in [0.25, 0.3) is 21.9 Å². The highest BCUT2D eigenvalue weighted by Gasteiger charge is 2.15. The van der Waals surface area contributed by atoms with Crippen molar-refractivity contribution in [3.05, 3.63) is 75.8 Å². The van der Waals surface area contributed by atoms with Gasteiger partial charge in [-0.15, -0.1) is 0 Å². The van der Waals surface area contributed by atoms with Gasteiger partial charge in [0.05, 0.1) is 17.4 Å². The molecule has 0 saturated heterocycles. The van der Waals surface area contributed by atoms with Gasteiger partial charge in [-0.2, -0.15) is 0 Å². The number of hydrogen-bond acceptors (Lipinski definition) is 4. The number of amides is 1. The van der Waals surface area contributed by atoms with Gasteiger partial charge in [-0.1, -0.05) is 12.1 Å². The van der Waals surface area contributed by atoms with E-state index in [1.165, 1.54) is 12.1 Å². The number of carbonyl (C=O) groups is 1. The smallest absolute Gasteiger partial charge is 0.287 e. The van der Waals surface area contributed by atoms with Crippen molar-refractivity contribution in [2.24, 2.45) is 0 Å². The van der Waals surface area contributed by atoms with Crippen LogP contribution in [0.4, 0.5) is 4.39 Å². The van der Waals surface area contributed by atoms with E-state index in [0.717, 1.165) is 5.56 Å². The third-order valence-corrected chi connectivity index (χ3v) is 4.23. The Morgan fingerprint density at radius 2 is 2.04 bits per heavy atom. The lowest BCUT2D eigenvalue weighted by Gasteiger charge is -2.04. The van der Waals surface area contributed by atoms with Crippen LogP contribution < -0.4 is 10.9 Å². The van der Waals surface area contributed by atoms with Crippen molar-refractivity contribution in [1.82, 2.24) is 15.3 Å². The molecule has 0 aliphatic carbocycles. The lowest BCUT2D eigenvalue weighted by molar-refractivity contribution is 0.0938. The van der Waals surface area contributed by atoms with Crippen molar-refractivity contribution < 1.29 is 13.6 Å². The molecule has 4 aromatic rings. The van der Waals surface area contributed by atoms with Crippen molar-refractivity contribution in [2.75, 3.05) is 0 Å². The van der Waals surface area contributed by atoms with E-state index in [4.69, 9.17) is 4.42 Å². The molecule has 2 heterocycles. The van der Waals surface area contributed by atoms with Crippen molar-refractivity contribution in [3.8, 4) is 0 Å². The molecule has 7 heteroatoms. The Hall–Kier alpha value is -3.48.